The van der Waals surface area contributed by atoms with Crippen molar-refractivity contribution in [3.63, 3.8) is 0 Å². The number of piperidine rings is 2. The molecule has 6 fully saturated rings. The number of hydrogen-bond donors (Lipinski definition) is 2. The van der Waals surface area contributed by atoms with Crippen LogP contribution < -0.4 is 10.6 Å². The van der Waals surface area contributed by atoms with Crippen molar-refractivity contribution in [2.45, 2.75) is 89.5 Å². The molecule has 0 bridgehead atoms. The van der Waals surface area contributed by atoms with Crippen LogP contribution in [0.3, 0.4) is 0 Å². The lowest BCUT2D eigenvalue weighted by atomic mass is 9.82. The Morgan fingerprint density at radius 3 is 2.03 bits per heavy atom. The lowest BCUT2D eigenvalue weighted by Crippen LogP contribution is -2.39. The number of carbonyl (C=O) groups is 3. The van der Waals surface area contributed by atoms with Gasteiger partial charge in [0.15, 0.2) is 0 Å². The first-order chi connectivity index (χ1) is 14.6. The van der Waals surface area contributed by atoms with Crippen molar-refractivity contribution in [2.75, 3.05) is 19.6 Å². The van der Waals surface area contributed by atoms with Crippen LogP contribution in [0.1, 0.15) is 83.5 Å². The molecule has 168 valence electrons. The molecule has 0 aromatic carbocycles. The van der Waals surface area contributed by atoms with Crippen LogP contribution in [0.25, 0.3) is 0 Å². The monoisotopic (exact) mass is 416 g/mol. The molecule has 6 aliphatic rings. The predicted octanol–water partition coefficient (Wildman–Crippen LogP) is 3.45. The summed E-state index contributed by atoms with van der Waals surface area (Å²) in [7, 11) is 0. The standard InChI is InChI=1S/C9H14O.2C8H13NO/c10-9-5-7-3-1-2-4-8(7)6-9;10-8-2-1-6-5-9-4-3-7(6)8;10-8-4-3-7-6(8)2-1-5-9-7/h7-8H,1-6H2;2*6-7,9H,1-5H2. The third kappa shape index (κ3) is 5.40. The first-order valence-corrected chi connectivity index (χ1v) is 12.6. The van der Waals surface area contributed by atoms with Crippen molar-refractivity contribution in [1.82, 2.24) is 10.6 Å². The molecule has 0 amide bonds. The molecule has 2 heterocycles. The maximum absolute atomic E-state index is 11.2. The molecule has 5 heteroatoms. The highest BCUT2D eigenvalue weighted by Gasteiger charge is 2.36. The van der Waals surface area contributed by atoms with E-state index in [4.69, 9.17) is 0 Å². The minimum absolute atomic E-state index is 0.383. The number of ketones is 3. The number of hydrogen-bond acceptors (Lipinski definition) is 5. The van der Waals surface area contributed by atoms with Crippen LogP contribution in [-0.2, 0) is 14.4 Å². The first-order valence-electron chi connectivity index (χ1n) is 12.6. The van der Waals surface area contributed by atoms with Gasteiger partial charge in [-0.05, 0) is 82.3 Å². The summed E-state index contributed by atoms with van der Waals surface area (Å²) in [5.74, 6) is 4.62. The van der Waals surface area contributed by atoms with Crippen molar-refractivity contribution in [2.24, 2.45) is 29.6 Å². The fraction of sp³-hybridized carbons (Fsp3) is 0.880. The molecule has 2 N–H and O–H groups in total. The van der Waals surface area contributed by atoms with Crippen LogP contribution in [0.2, 0.25) is 0 Å². The topological polar surface area (TPSA) is 75.3 Å². The van der Waals surface area contributed by atoms with Gasteiger partial charge in [0.1, 0.15) is 17.3 Å². The van der Waals surface area contributed by atoms with E-state index >= 15 is 0 Å². The van der Waals surface area contributed by atoms with E-state index in [0.29, 0.717) is 41.1 Å². The van der Waals surface area contributed by atoms with Gasteiger partial charge in [-0.2, -0.15) is 0 Å². The molecule has 2 aliphatic heterocycles. The van der Waals surface area contributed by atoms with E-state index in [-0.39, 0.29) is 0 Å². The highest BCUT2D eigenvalue weighted by molar-refractivity contribution is 5.84. The summed E-state index contributed by atoms with van der Waals surface area (Å²) < 4.78 is 0. The van der Waals surface area contributed by atoms with Crippen molar-refractivity contribution >= 4 is 17.3 Å². The van der Waals surface area contributed by atoms with E-state index in [0.717, 1.165) is 82.8 Å². The zero-order valence-corrected chi connectivity index (χ0v) is 18.5. The molecule has 6 unspecified atom stereocenters. The van der Waals surface area contributed by atoms with Gasteiger partial charge in [0, 0.05) is 43.6 Å². The zero-order chi connectivity index (χ0) is 20.9. The van der Waals surface area contributed by atoms with Gasteiger partial charge in [-0.1, -0.05) is 12.8 Å². The quantitative estimate of drug-likeness (QED) is 0.633. The lowest BCUT2D eigenvalue weighted by molar-refractivity contribution is -0.122. The summed E-state index contributed by atoms with van der Waals surface area (Å²) in [5, 5.41) is 6.72. The van der Waals surface area contributed by atoms with E-state index in [1.165, 1.54) is 32.1 Å². The van der Waals surface area contributed by atoms with Crippen LogP contribution in [0.5, 0.6) is 0 Å². The van der Waals surface area contributed by atoms with Gasteiger partial charge in [-0.15, -0.1) is 0 Å². The van der Waals surface area contributed by atoms with Gasteiger partial charge in [-0.3, -0.25) is 14.4 Å². The number of Topliss-reactive ketones (excluding diaryl/α,β-unsaturated/α-hetero) is 3. The first kappa shape index (κ1) is 22.1. The third-order valence-corrected chi connectivity index (χ3v) is 8.53. The number of nitrogens with one attached hydrogen (secondary N) is 2. The molecule has 0 aromatic rings. The second-order valence-electron chi connectivity index (χ2n) is 10.4. The molecule has 6 atom stereocenters. The average molecular weight is 417 g/mol. The Morgan fingerprint density at radius 2 is 1.33 bits per heavy atom. The highest BCUT2D eigenvalue weighted by atomic mass is 16.1. The minimum Gasteiger partial charge on any atom is -0.316 e. The number of fused-ring (bicyclic) bond motifs is 3. The van der Waals surface area contributed by atoms with Crippen molar-refractivity contribution < 1.29 is 14.4 Å². The van der Waals surface area contributed by atoms with Gasteiger partial charge in [0.05, 0.1) is 0 Å². The van der Waals surface area contributed by atoms with Crippen molar-refractivity contribution in [1.29, 1.82) is 0 Å². The highest BCUT2D eigenvalue weighted by Crippen LogP contribution is 2.40. The second kappa shape index (κ2) is 10.5. The molecule has 30 heavy (non-hydrogen) atoms. The Balaban J connectivity index is 0.000000109. The molecule has 0 aromatic heterocycles. The van der Waals surface area contributed by atoms with Crippen LogP contribution >= 0.6 is 0 Å². The minimum atomic E-state index is 0.383. The van der Waals surface area contributed by atoms with Gasteiger partial charge in [-0.25, -0.2) is 0 Å². The normalized spacial score (nSPS) is 39.8. The Labute approximate surface area is 181 Å². The average Bonchev–Trinajstić information content (AvgIpc) is 3.46. The molecule has 0 radical (unpaired) electrons. The molecule has 0 spiro atoms. The summed E-state index contributed by atoms with van der Waals surface area (Å²) in [6.45, 7) is 3.25. The third-order valence-electron chi connectivity index (χ3n) is 8.53. The van der Waals surface area contributed by atoms with Crippen molar-refractivity contribution in [3.8, 4) is 0 Å². The van der Waals surface area contributed by atoms with Crippen molar-refractivity contribution in [3.05, 3.63) is 0 Å². The Bertz CT molecular complexity index is 578. The summed E-state index contributed by atoms with van der Waals surface area (Å²) >= 11 is 0. The molecule has 2 saturated heterocycles. The van der Waals surface area contributed by atoms with Crippen LogP contribution in [0.4, 0.5) is 0 Å². The van der Waals surface area contributed by atoms with Gasteiger partial charge >= 0.3 is 0 Å². The van der Waals surface area contributed by atoms with E-state index in [9.17, 15) is 14.4 Å². The van der Waals surface area contributed by atoms with E-state index in [1.54, 1.807) is 0 Å². The summed E-state index contributed by atoms with van der Waals surface area (Å²) in [6, 6.07) is 0.543. The zero-order valence-electron chi connectivity index (χ0n) is 18.5. The molecule has 4 aliphatic carbocycles. The van der Waals surface area contributed by atoms with E-state index in [1.807, 2.05) is 0 Å². The predicted molar refractivity (Wildman–Crippen MR) is 117 cm³/mol. The van der Waals surface area contributed by atoms with Crippen LogP contribution in [0.15, 0.2) is 0 Å². The summed E-state index contributed by atoms with van der Waals surface area (Å²) in [6.07, 6.45) is 14.5. The molecule has 6 rings (SSSR count). The lowest BCUT2D eigenvalue weighted by Gasteiger charge is -2.24. The summed E-state index contributed by atoms with van der Waals surface area (Å²) in [5.41, 5.74) is 0. The van der Waals surface area contributed by atoms with Gasteiger partial charge < -0.3 is 10.6 Å². The largest absolute Gasteiger partial charge is 0.316 e. The van der Waals surface area contributed by atoms with Crippen LogP contribution in [-0.4, -0.2) is 43.0 Å². The number of carbonyl (C=O) groups excluding carboxylic acids is 3. The van der Waals surface area contributed by atoms with Gasteiger partial charge in [0.25, 0.3) is 0 Å². The molecule has 5 nitrogen and oxygen atoms in total. The maximum atomic E-state index is 11.2. The Hall–Kier alpha value is -1.07. The second-order valence-corrected chi connectivity index (χ2v) is 10.4. The molecular formula is C25H40N2O3. The Morgan fingerprint density at radius 1 is 0.633 bits per heavy atom. The SMILES string of the molecule is O=C1CC2CCCCC2C1.O=C1CCC2CNCCC12.O=C1CCC2NCCCC12. The fourth-order valence-electron chi connectivity index (χ4n) is 6.78. The maximum Gasteiger partial charge on any atom is 0.137 e. The molecule has 4 saturated carbocycles. The van der Waals surface area contributed by atoms with E-state index in [2.05, 4.69) is 10.6 Å². The number of rotatable bonds is 0. The smallest absolute Gasteiger partial charge is 0.137 e. The van der Waals surface area contributed by atoms with Gasteiger partial charge in [0.2, 0.25) is 0 Å². The van der Waals surface area contributed by atoms with E-state index < -0.39 is 0 Å². The Kier molecular flexibility index (Phi) is 7.74. The summed E-state index contributed by atoms with van der Waals surface area (Å²) in [4.78, 5) is 33.4. The molecular weight excluding hydrogens is 376 g/mol. The van der Waals surface area contributed by atoms with Crippen LogP contribution in [0, 0.1) is 29.6 Å². The fourth-order valence-corrected chi connectivity index (χ4v) is 6.78.